The number of amides is 1. The number of nitrogens with two attached hydrogens (primary N) is 1. The molecule has 1 atom stereocenters. The molecule has 0 aliphatic rings. The maximum Gasteiger partial charge on any atom is 0.279 e. The quantitative estimate of drug-likeness (QED) is 0.867. The molecule has 17 heavy (non-hydrogen) atoms. The Kier molecular flexibility index (Phi) is 3.21. The van der Waals surface area contributed by atoms with Crippen LogP contribution in [0.2, 0.25) is 0 Å². The smallest absolute Gasteiger partial charge is 0.279 e. The van der Waals surface area contributed by atoms with Crippen molar-refractivity contribution in [2.75, 3.05) is 5.32 Å². The topological polar surface area (TPSA) is 94.0 Å². The number of hydrogen-bond acceptors (Lipinski definition) is 6. The van der Waals surface area contributed by atoms with Crippen molar-refractivity contribution in [1.29, 1.82) is 0 Å². The third kappa shape index (κ3) is 2.69. The van der Waals surface area contributed by atoms with E-state index in [9.17, 15) is 4.79 Å². The lowest BCUT2D eigenvalue weighted by atomic mass is 10.3. The highest BCUT2D eigenvalue weighted by molar-refractivity contribution is 7.14. The molecule has 0 aromatic carbocycles. The van der Waals surface area contributed by atoms with Crippen LogP contribution in [0.1, 0.15) is 34.9 Å². The number of nitrogens with zero attached hydrogens (tertiary/aromatic N) is 2. The van der Waals surface area contributed by atoms with E-state index < -0.39 is 0 Å². The number of aryl methyl sites for hydroxylation is 1. The molecule has 3 N–H and O–H groups in total. The zero-order valence-electron chi connectivity index (χ0n) is 9.43. The largest absolute Gasteiger partial charge is 0.361 e. The van der Waals surface area contributed by atoms with Gasteiger partial charge < -0.3 is 10.3 Å². The fourth-order valence-electron chi connectivity index (χ4n) is 1.19. The molecule has 0 saturated heterocycles. The van der Waals surface area contributed by atoms with Crippen molar-refractivity contribution in [2.24, 2.45) is 5.73 Å². The summed E-state index contributed by atoms with van der Waals surface area (Å²) in [6, 6.07) is 1.42. The van der Waals surface area contributed by atoms with Crippen molar-refractivity contribution in [3.05, 3.63) is 28.6 Å². The number of hydrogen-bond donors (Lipinski definition) is 2. The second kappa shape index (κ2) is 4.64. The van der Waals surface area contributed by atoms with Crippen molar-refractivity contribution < 1.29 is 9.32 Å². The first-order chi connectivity index (χ1) is 8.06. The number of carbonyl (C=O) groups is 1. The van der Waals surface area contributed by atoms with Gasteiger partial charge in [0.2, 0.25) is 0 Å². The second-order valence-corrected chi connectivity index (χ2v) is 4.50. The fraction of sp³-hybridized carbons (Fsp3) is 0.300. The average Bonchev–Trinajstić information content (AvgIpc) is 2.86. The van der Waals surface area contributed by atoms with Gasteiger partial charge in [0.1, 0.15) is 5.76 Å². The van der Waals surface area contributed by atoms with Gasteiger partial charge in [-0.2, -0.15) is 0 Å². The molecule has 1 unspecified atom stereocenters. The Bertz CT molecular complexity index is 532. The molecule has 2 rings (SSSR count). The van der Waals surface area contributed by atoms with Crippen LogP contribution < -0.4 is 11.1 Å². The summed E-state index contributed by atoms with van der Waals surface area (Å²) in [7, 11) is 0. The monoisotopic (exact) mass is 252 g/mol. The van der Waals surface area contributed by atoms with Crippen molar-refractivity contribution in [3.63, 3.8) is 0 Å². The van der Waals surface area contributed by atoms with Crippen LogP contribution >= 0.6 is 11.3 Å². The van der Waals surface area contributed by atoms with E-state index in [1.807, 2.05) is 12.3 Å². The van der Waals surface area contributed by atoms with Gasteiger partial charge in [-0.25, -0.2) is 4.98 Å². The van der Waals surface area contributed by atoms with Gasteiger partial charge in [0, 0.05) is 17.5 Å². The highest BCUT2D eigenvalue weighted by Crippen LogP contribution is 2.19. The minimum absolute atomic E-state index is 0.147. The molecule has 0 aliphatic heterocycles. The summed E-state index contributed by atoms with van der Waals surface area (Å²) in [6.07, 6.45) is 0. The van der Waals surface area contributed by atoms with Crippen molar-refractivity contribution in [2.45, 2.75) is 19.9 Å². The highest BCUT2D eigenvalue weighted by atomic mass is 32.1. The van der Waals surface area contributed by atoms with E-state index in [4.69, 9.17) is 10.3 Å². The molecular weight excluding hydrogens is 240 g/mol. The maximum atomic E-state index is 11.7. The summed E-state index contributed by atoms with van der Waals surface area (Å²) in [6.45, 7) is 3.56. The van der Waals surface area contributed by atoms with Gasteiger partial charge in [-0.15, -0.1) is 11.3 Å². The van der Waals surface area contributed by atoms with E-state index in [2.05, 4.69) is 15.5 Å². The van der Waals surface area contributed by atoms with Crippen molar-refractivity contribution in [1.82, 2.24) is 10.1 Å². The molecule has 90 valence electrons. The SMILES string of the molecule is Cc1cc(C(=O)Nc2nc(C(C)N)cs2)no1. The molecule has 0 radical (unpaired) electrons. The predicted molar refractivity (Wildman–Crippen MR) is 63.9 cm³/mol. The average molecular weight is 252 g/mol. The van der Waals surface area contributed by atoms with E-state index in [1.165, 1.54) is 11.3 Å². The third-order valence-electron chi connectivity index (χ3n) is 2.07. The van der Waals surface area contributed by atoms with Gasteiger partial charge >= 0.3 is 0 Å². The minimum Gasteiger partial charge on any atom is -0.361 e. The van der Waals surface area contributed by atoms with Crippen LogP contribution in [-0.4, -0.2) is 16.0 Å². The lowest BCUT2D eigenvalue weighted by molar-refractivity contribution is 0.101. The normalized spacial score (nSPS) is 12.4. The fourth-order valence-corrected chi connectivity index (χ4v) is 2.00. The van der Waals surface area contributed by atoms with E-state index in [-0.39, 0.29) is 17.6 Å². The third-order valence-corrected chi connectivity index (χ3v) is 2.85. The summed E-state index contributed by atoms with van der Waals surface area (Å²) in [5.74, 6) is 0.248. The van der Waals surface area contributed by atoms with Gasteiger partial charge in [-0.3, -0.25) is 10.1 Å². The summed E-state index contributed by atoms with van der Waals surface area (Å²) in [4.78, 5) is 15.9. The molecule has 7 heteroatoms. The molecular formula is C10H12N4O2S. The molecule has 2 aromatic heterocycles. The van der Waals surface area contributed by atoms with Gasteiger partial charge in [0.15, 0.2) is 10.8 Å². The van der Waals surface area contributed by atoms with Crippen LogP contribution in [0.25, 0.3) is 0 Å². The standard InChI is InChI=1S/C10H12N4O2S/c1-5-3-7(14-16-5)9(15)13-10-12-8(4-17-10)6(2)11/h3-4,6H,11H2,1-2H3,(H,12,13,15). The minimum atomic E-state index is -0.340. The first-order valence-electron chi connectivity index (χ1n) is 5.02. The number of anilines is 1. The van der Waals surface area contributed by atoms with Crippen LogP contribution in [0.3, 0.4) is 0 Å². The van der Waals surface area contributed by atoms with Crippen LogP contribution in [0.4, 0.5) is 5.13 Å². The van der Waals surface area contributed by atoms with E-state index in [1.54, 1.807) is 13.0 Å². The Hall–Kier alpha value is -1.73. The lowest BCUT2D eigenvalue weighted by Gasteiger charge is -1.98. The molecule has 0 fully saturated rings. The summed E-state index contributed by atoms with van der Waals surface area (Å²) in [5.41, 5.74) is 6.66. The predicted octanol–water partition coefficient (Wildman–Crippen LogP) is 1.71. The van der Waals surface area contributed by atoms with Crippen molar-refractivity contribution in [3.8, 4) is 0 Å². The number of carbonyl (C=O) groups excluding carboxylic acids is 1. The summed E-state index contributed by atoms with van der Waals surface area (Å²) >= 11 is 1.33. The van der Waals surface area contributed by atoms with Gasteiger partial charge in [-0.05, 0) is 13.8 Å². The Balaban J connectivity index is 2.07. The number of rotatable bonds is 3. The Morgan fingerprint density at radius 2 is 2.41 bits per heavy atom. The lowest BCUT2D eigenvalue weighted by Crippen LogP contribution is -2.12. The Morgan fingerprint density at radius 3 is 2.94 bits per heavy atom. The number of nitrogens with one attached hydrogen (secondary N) is 1. The number of aromatic nitrogens is 2. The molecule has 2 heterocycles. The van der Waals surface area contributed by atoms with Gasteiger partial charge in [-0.1, -0.05) is 5.16 Å². The molecule has 0 aliphatic carbocycles. The van der Waals surface area contributed by atoms with Gasteiger partial charge in [0.05, 0.1) is 5.69 Å². The maximum absolute atomic E-state index is 11.7. The molecule has 0 bridgehead atoms. The second-order valence-electron chi connectivity index (χ2n) is 3.64. The van der Waals surface area contributed by atoms with E-state index in [0.717, 1.165) is 5.69 Å². The van der Waals surface area contributed by atoms with Crippen LogP contribution in [0.5, 0.6) is 0 Å². The molecule has 0 saturated carbocycles. The first-order valence-corrected chi connectivity index (χ1v) is 5.90. The van der Waals surface area contributed by atoms with Crippen molar-refractivity contribution >= 4 is 22.4 Å². The first kappa shape index (κ1) is 11.7. The van der Waals surface area contributed by atoms with Gasteiger partial charge in [0.25, 0.3) is 5.91 Å². The Labute approximate surface area is 102 Å². The molecule has 2 aromatic rings. The van der Waals surface area contributed by atoms with E-state index in [0.29, 0.717) is 10.9 Å². The highest BCUT2D eigenvalue weighted by Gasteiger charge is 2.13. The van der Waals surface area contributed by atoms with Crippen LogP contribution in [0.15, 0.2) is 16.0 Å². The molecule has 1 amide bonds. The van der Waals surface area contributed by atoms with E-state index >= 15 is 0 Å². The zero-order valence-corrected chi connectivity index (χ0v) is 10.2. The molecule has 6 nitrogen and oxygen atoms in total. The summed E-state index contributed by atoms with van der Waals surface area (Å²) < 4.78 is 4.82. The van der Waals surface area contributed by atoms with Crippen LogP contribution in [-0.2, 0) is 0 Å². The van der Waals surface area contributed by atoms with Crippen LogP contribution in [0, 0.1) is 6.92 Å². The Morgan fingerprint density at radius 1 is 1.65 bits per heavy atom. The zero-order chi connectivity index (χ0) is 12.4. The summed E-state index contributed by atoms with van der Waals surface area (Å²) in [5, 5.41) is 8.57. The molecule has 0 spiro atoms. The number of thiazole rings is 1.